The van der Waals surface area contributed by atoms with Crippen LogP contribution in [0.1, 0.15) is 10.4 Å². The van der Waals surface area contributed by atoms with Crippen molar-refractivity contribution < 1.29 is 9.53 Å². The van der Waals surface area contributed by atoms with Crippen LogP contribution >= 0.6 is 0 Å². The van der Waals surface area contributed by atoms with Gasteiger partial charge in [0.25, 0.3) is 0 Å². The molecular formula is C17H13N3O2. The summed E-state index contributed by atoms with van der Waals surface area (Å²) in [5.41, 5.74) is 2.73. The number of hydrogen-bond donors (Lipinski definition) is 0. The Bertz CT molecular complexity index is 842. The summed E-state index contributed by atoms with van der Waals surface area (Å²) in [5, 5.41) is 9.32. The predicted octanol–water partition coefficient (Wildman–Crippen LogP) is 4.44. The van der Waals surface area contributed by atoms with Crippen molar-refractivity contribution in [3.8, 4) is 0 Å². The molecular weight excluding hydrogens is 278 g/mol. The summed E-state index contributed by atoms with van der Waals surface area (Å²) < 4.78 is 4.65. The minimum absolute atomic E-state index is 0.373. The van der Waals surface area contributed by atoms with Crippen LogP contribution in [0.15, 0.2) is 71.0 Å². The van der Waals surface area contributed by atoms with Crippen LogP contribution in [0.5, 0.6) is 0 Å². The minimum atomic E-state index is -0.373. The first-order chi connectivity index (χ1) is 10.8. The van der Waals surface area contributed by atoms with Gasteiger partial charge < -0.3 is 4.74 Å². The number of nitrogens with zero attached hydrogens (tertiary/aromatic N) is 3. The molecule has 0 bridgehead atoms. The van der Waals surface area contributed by atoms with Crippen molar-refractivity contribution in [2.75, 3.05) is 7.11 Å². The molecule has 3 rings (SSSR count). The van der Waals surface area contributed by atoms with Gasteiger partial charge in [0.15, 0.2) is 0 Å². The third-order valence-corrected chi connectivity index (χ3v) is 3.15. The number of azo groups is 1. The lowest BCUT2D eigenvalue weighted by Crippen LogP contribution is -1.99. The van der Waals surface area contributed by atoms with Crippen molar-refractivity contribution in [1.29, 1.82) is 0 Å². The Labute approximate surface area is 127 Å². The molecule has 1 heterocycles. The van der Waals surface area contributed by atoms with Crippen LogP contribution < -0.4 is 0 Å². The largest absolute Gasteiger partial charge is 0.465 e. The number of hydrogen-bond acceptors (Lipinski definition) is 5. The third-order valence-electron chi connectivity index (χ3n) is 3.15. The SMILES string of the molecule is COC(=O)c1ccc(N=Nc2cnc3ccccc3c2)cc1. The van der Waals surface area contributed by atoms with Crippen LogP contribution in [0, 0.1) is 0 Å². The normalized spacial score (nSPS) is 11.0. The van der Waals surface area contributed by atoms with Gasteiger partial charge in [-0.15, -0.1) is 5.11 Å². The highest BCUT2D eigenvalue weighted by atomic mass is 16.5. The number of benzene rings is 2. The van der Waals surface area contributed by atoms with Crippen molar-refractivity contribution >= 4 is 28.2 Å². The number of ether oxygens (including phenoxy) is 1. The Morgan fingerprint density at radius 2 is 1.73 bits per heavy atom. The zero-order valence-electron chi connectivity index (χ0n) is 11.9. The van der Waals surface area contributed by atoms with E-state index in [2.05, 4.69) is 19.9 Å². The monoisotopic (exact) mass is 291 g/mol. The van der Waals surface area contributed by atoms with Crippen molar-refractivity contribution in [3.05, 3.63) is 66.4 Å². The molecule has 2 aromatic carbocycles. The number of fused-ring (bicyclic) bond motifs is 1. The first-order valence-corrected chi connectivity index (χ1v) is 6.71. The second-order valence-electron chi connectivity index (χ2n) is 4.62. The summed E-state index contributed by atoms with van der Waals surface area (Å²) in [4.78, 5) is 15.7. The van der Waals surface area contributed by atoms with E-state index in [1.807, 2.05) is 30.3 Å². The molecule has 0 saturated carbocycles. The van der Waals surface area contributed by atoms with Crippen molar-refractivity contribution in [1.82, 2.24) is 4.98 Å². The fourth-order valence-electron chi connectivity index (χ4n) is 2.01. The molecule has 0 aliphatic rings. The number of esters is 1. The highest BCUT2D eigenvalue weighted by Crippen LogP contribution is 2.21. The lowest BCUT2D eigenvalue weighted by Gasteiger charge is -1.99. The third kappa shape index (κ3) is 2.98. The zero-order chi connectivity index (χ0) is 15.4. The lowest BCUT2D eigenvalue weighted by atomic mass is 10.2. The standard InChI is InChI=1S/C17H13N3O2/c1-22-17(21)12-6-8-14(9-7-12)19-20-15-10-13-4-2-3-5-16(13)18-11-15/h2-11H,1H3. The minimum Gasteiger partial charge on any atom is -0.465 e. The quantitative estimate of drug-likeness (QED) is 0.529. The second-order valence-corrected chi connectivity index (χ2v) is 4.62. The van der Waals surface area contributed by atoms with E-state index in [9.17, 15) is 4.79 Å². The molecule has 0 aliphatic carbocycles. The van der Waals surface area contributed by atoms with Gasteiger partial charge in [0.05, 0.1) is 30.1 Å². The van der Waals surface area contributed by atoms with Crippen molar-refractivity contribution in [2.45, 2.75) is 0 Å². The second kappa shape index (κ2) is 6.13. The van der Waals surface area contributed by atoms with Gasteiger partial charge in [0, 0.05) is 5.39 Å². The molecule has 0 fully saturated rings. The Morgan fingerprint density at radius 3 is 2.50 bits per heavy atom. The summed E-state index contributed by atoms with van der Waals surface area (Å²) in [5.74, 6) is -0.373. The van der Waals surface area contributed by atoms with Gasteiger partial charge in [-0.2, -0.15) is 5.11 Å². The van der Waals surface area contributed by atoms with Crippen LogP contribution in [-0.4, -0.2) is 18.1 Å². The number of methoxy groups -OCH3 is 1. The van der Waals surface area contributed by atoms with E-state index in [4.69, 9.17) is 0 Å². The maximum absolute atomic E-state index is 11.3. The van der Waals surface area contributed by atoms with Gasteiger partial charge in [0.2, 0.25) is 0 Å². The maximum Gasteiger partial charge on any atom is 0.337 e. The Balaban J connectivity index is 1.81. The molecule has 1 aromatic heterocycles. The molecule has 22 heavy (non-hydrogen) atoms. The fourth-order valence-corrected chi connectivity index (χ4v) is 2.01. The fraction of sp³-hybridized carbons (Fsp3) is 0.0588. The van der Waals surface area contributed by atoms with E-state index < -0.39 is 0 Å². The number of carbonyl (C=O) groups excluding carboxylic acids is 1. The van der Waals surface area contributed by atoms with Crippen molar-refractivity contribution in [3.63, 3.8) is 0 Å². The molecule has 108 valence electrons. The Morgan fingerprint density at radius 1 is 1.00 bits per heavy atom. The van der Waals surface area contributed by atoms with Gasteiger partial charge >= 0.3 is 5.97 Å². The average Bonchev–Trinajstić information content (AvgIpc) is 2.59. The molecule has 0 radical (unpaired) electrons. The highest BCUT2D eigenvalue weighted by molar-refractivity contribution is 5.89. The zero-order valence-corrected chi connectivity index (χ0v) is 11.9. The van der Waals surface area contributed by atoms with Crippen LogP contribution in [0.2, 0.25) is 0 Å². The molecule has 3 aromatic rings. The molecule has 0 atom stereocenters. The van der Waals surface area contributed by atoms with Crippen molar-refractivity contribution in [2.24, 2.45) is 10.2 Å². The van der Waals surface area contributed by atoms with E-state index >= 15 is 0 Å². The van der Waals surface area contributed by atoms with Crippen LogP contribution in [0.25, 0.3) is 10.9 Å². The van der Waals surface area contributed by atoms with Gasteiger partial charge in [-0.05, 0) is 36.4 Å². The van der Waals surface area contributed by atoms with E-state index in [1.54, 1.807) is 30.5 Å². The van der Waals surface area contributed by atoms with Gasteiger partial charge in [-0.25, -0.2) is 4.79 Å². The summed E-state index contributed by atoms with van der Waals surface area (Å²) in [7, 11) is 1.35. The van der Waals surface area contributed by atoms with Crippen LogP contribution in [0.4, 0.5) is 11.4 Å². The number of rotatable bonds is 3. The molecule has 5 nitrogen and oxygen atoms in total. The summed E-state index contributed by atoms with van der Waals surface area (Å²) >= 11 is 0. The van der Waals surface area contributed by atoms with Gasteiger partial charge in [-0.1, -0.05) is 18.2 Å². The smallest absolute Gasteiger partial charge is 0.337 e. The first kappa shape index (κ1) is 13.9. The van der Waals surface area contributed by atoms with Gasteiger partial charge in [-0.3, -0.25) is 4.98 Å². The molecule has 0 N–H and O–H groups in total. The Kier molecular flexibility index (Phi) is 3.87. The lowest BCUT2D eigenvalue weighted by molar-refractivity contribution is 0.0601. The average molecular weight is 291 g/mol. The van der Waals surface area contributed by atoms with E-state index in [-0.39, 0.29) is 5.97 Å². The van der Waals surface area contributed by atoms with E-state index in [1.165, 1.54) is 7.11 Å². The van der Waals surface area contributed by atoms with Crippen LogP contribution in [0.3, 0.4) is 0 Å². The summed E-state index contributed by atoms with van der Waals surface area (Å²) in [6, 6.07) is 16.5. The predicted molar refractivity (Wildman–Crippen MR) is 83.7 cm³/mol. The highest BCUT2D eigenvalue weighted by Gasteiger charge is 2.03. The van der Waals surface area contributed by atoms with E-state index in [0.717, 1.165) is 10.9 Å². The first-order valence-electron chi connectivity index (χ1n) is 6.71. The number of para-hydroxylation sites is 1. The maximum atomic E-state index is 11.3. The van der Waals surface area contributed by atoms with Crippen LogP contribution in [-0.2, 0) is 4.74 Å². The number of carbonyl (C=O) groups is 1. The topological polar surface area (TPSA) is 63.9 Å². The molecule has 5 heteroatoms. The van der Waals surface area contributed by atoms with Gasteiger partial charge in [0.1, 0.15) is 5.69 Å². The molecule has 0 spiro atoms. The summed E-state index contributed by atoms with van der Waals surface area (Å²) in [6.07, 6.45) is 1.68. The number of pyridine rings is 1. The molecule has 0 amide bonds. The Hall–Kier alpha value is -3.08. The number of aromatic nitrogens is 1. The molecule has 0 aliphatic heterocycles. The molecule has 0 unspecified atom stereocenters. The molecule has 0 saturated heterocycles. The summed E-state index contributed by atoms with van der Waals surface area (Å²) in [6.45, 7) is 0. The van der Waals surface area contributed by atoms with E-state index in [0.29, 0.717) is 16.9 Å².